The number of ether oxygens (including phenoxy) is 3. The zero-order valence-electron chi connectivity index (χ0n) is 22.4. The zero-order valence-corrected chi connectivity index (χ0v) is 22.4. The van der Waals surface area contributed by atoms with E-state index in [2.05, 4.69) is 20.7 Å². The number of rotatable bonds is 11. The van der Waals surface area contributed by atoms with Crippen molar-refractivity contribution in [2.24, 2.45) is 11.8 Å². The highest BCUT2D eigenvalue weighted by atomic mass is 19.1. The van der Waals surface area contributed by atoms with Gasteiger partial charge in [-0.1, -0.05) is 17.7 Å². The molecule has 2 aliphatic rings. The Balaban J connectivity index is 1.66. The highest BCUT2D eigenvalue weighted by Crippen LogP contribution is 2.35. The molecule has 3 atom stereocenters. The standard InChI is InChI=1S/C27H43FN4O5/c1-19-6-7-24(28)23(15-19)25(37-14-10-30-27(34)35-3)21-5-4-11-32(18-21)26(33)31-22(17-29-2)16-20-8-12-36-13-9-20/h6-7,15,20-22,25,29H,4-5,8-14,16-18H2,1-3H3,(H,30,34)(H,31,33)/t21-,22+,25?/m1/s1. The summed E-state index contributed by atoms with van der Waals surface area (Å²) in [5.74, 6) is 0.137. The lowest BCUT2D eigenvalue weighted by molar-refractivity contribution is -0.0107. The van der Waals surface area contributed by atoms with Crippen LogP contribution < -0.4 is 16.0 Å². The van der Waals surface area contributed by atoms with Gasteiger partial charge in [0.15, 0.2) is 0 Å². The quantitative estimate of drug-likeness (QED) is 0.385. The second kappa shape index (κ2) is 15.1. The number of alkyl carbamates (subject to hydrolysis) is 1. The second-order valence-corrected chi connectivity index (χ2v) is 10.1. The van der Waals surface area contributed by atoms with Crippen molar-refractivity contribution in [3.8, 4) is 0 Å². The van der Waals surface area contributed by atoms with Gasteiger partial charge in [-0.15, -0.1) is 0 Å². The number of aryl methyl sites for hydroxylation is 1. The third kappa shape index (κ3) is 9.12. The number of piperidine rings is 1. The fourth-order valence-electron chi connectivity index (χ4n) is 5.30. The molecule has 2 saturated heterocycles. The molecule has 208 valence electrons. The molecule has 0 spiro atoms. The van der Waals surface area contributed by atoms with E-state index >= 15 is 0 Å². The lowest BCUT2D eigenvalue weighted by atomic mass is 9.87. The van der Waals surface area contributed by atoms with Crippen LogP contribution in [0.4, 0.5) is 14.0 Å². The van der Waals surface area contributed by atoms with Gasteiger partial charge in [0.05, 0.1) is 19.8 Å². The maximum Gasteiger partial charge on any atom is 0.406 e. The molecule has 9 nitrogen and oxygen atoms in total. The average Bonchev–Trinajstić information content (AvgIpc) is 2.91. The summed E-state index contributed by atoms with van der Waals surface area (Å²) in [6, 6.07) is 4.94. The van der Waals surface area contributed by atoms with E-state index in [1.165, 1.54) is 13.2 Å². The Kier molecular flexibility index (Phi) is 11.9. The lowest BCUT2D eigenvalue weighted by Crippen LogP contribution is -2.52. The summed E-state index contributed by atoms with van der Waals surface area (Å²) in [6.07, 6.45) is 3.50. The largest absolute Gasteiger partial charge is 0.453 e. The number of nitrogens with zero attached hydrogens (tertiary/aromatic N) is 1. The van der Waals surface area contributed by atoms with Crippen molar-refractivity contribution < 1.29 is 28.2 Å². The van der Waals surface area contributed by atoms with Crippen LogP contribution in [0.25, 0.3) is 0 Å². The average molecular weight is 523 g/mol. The first-order valence-corrected chi connectivity index (χ1v) is 13.4. The number of carbonyl (C=O) groups is 2. The fraction of sp³-hybridized carbons (Fsp3) is 0.704. The van der Waals surface area contributed by atoms with E-state index in [1.807, 2.05) is 24.9 Å². The van der Waals surface area contributed by atoms with Crippen molar-refractivity contribution >= 4 is 12.1 Å². The molecule has 1 aromatic rings. The van der Waals surface area contributed by atoms with Crippen LogP contribution in [0.15, 0.2) is 18.2 Å². The van der Waals surface area contributed by atoms with Gasteiger partial charge in [0, 0.05) is 56.9 Å². The van der Waals surface area contributed by atoms with Gasteiger partial charge in [-0.05, 0) is 58.1 Å². The molecule has 0 radical (unpaired) electrons. The van der Waals surface area contributed by atoms with E-state index in [0.29, 0.717) is 31.1 Å². The van der Waals surface area contributed by atoms with E-state index in [0.717, 1.165) is 50.9 Å². The third-order valence-corrected chi connectivity index (χ3v) is 7.22. The molecular formula is C27H43FN4O5. The van der Waals surface area contributed by atoms with Gasteiger partial charge in [-0.25, -0.2) is 14.0 Å². The van der Waals surface area contributed by atoms with Crippen LogP contribution in [0, 0.1) is 24.6 Å². The van der Waals surface area contributed by atoms with Crippen LogP contribution in [-0.2, 0) is 14.2 Å². The van der Waals surface area contributed by atoms with E-state index in [4.69, 9.17) is 9.47 Å². The molecule has 2 aliphatic heterocycles. The summed E-state index contributed by atoms with van der Waals surface area (Å²) in [7, 11) is 3.20. The smallest absolute Gasteiger partial charge is 0.406 e. The molecule has 37 heavy (non-hydrogen) atoms. The topological polar surface area (TPSA) is 101 Å². The van der Waals surface area contributed by atoms with Gasteiger partial charge in [-0.3, -0.25) is 0 Å². The van der Waals surface area contributed by atoms with Gasteiger partial charge < -0.3 is 35.1 Å². The summed E-state index contributed by atoms with van der Waals surface area (Å²) < 4.78 is 31.2. The maximum absolute atomic E-state index is 14.9. The fourth-order valence-corrected chi connectivity index (χ4v) is 5.30. The van der Waals surface area contributed by atoms with E-state index in [-0.39, 0.29) is 37.0 Å². The van der Waals surface area contributed by atoms with Crippen molar-refractivity contribution in [2.45, 2.75) is 51.2 Å². The van der Waals surface area contributed by atoms with Crippen molar-refractivity contribution in [2.75, 3.05) is 60.2 Å². The Bertz CT molecular complexity index is 867. The number of urea groups is 1. The maximum atomic E-state index is 14.9. The Morgan fingerprint density at radius 3 is 2.76 bits per heavy atom. The minimum absolute atomic E-state index is 0.0339. The normalized spacial score (nSPS) is 20.2. The van der Waals surface area contributed by atoms with Crippen molar-refractivity contribution in [1.82, 2.24) is 20.9 Å². The van der Waals surface area contributed by atoms with Gasteiger partial charge in [0.2, 0.25) is 0 Å². The minimum Gasteiger partial charge on any atom is -0.453 e. The highest BCUT2D eigenvalue weighted by molar-refractivity contribution is 5.74. The Morgan fingerprint density at radius 1 is 1.24 bits per heavy atom. The number of likely N-dealkylation sites (N-methyl/N-ethyl adjacent to an activating group) is 1. The summed E-state index contributed by atoms with van der Waals surface area (Å²) >= 11 is 0. The van der Waals surface area contributed by atoms with Crippen LogP contribution in [0.3, 0.4) is 0 Å². The molecule has 1 unspecified atom stereocenters. The predicted octanol–water partition coefficient (Wildman–Crippen LogP) is 3.37. The minimum atomic E-state index is -0.542. The second-order valence-electron chi connectivity index (χ2n) is 10.1. The molecule has 1 aromatic carbocycles. The molecule has 0 saturated carbocycles. The van der Waals surface area contributed by atoms with E-state index in [9.17, 15) is 14.0 Å². The van der Waals surface area contributed by atoms with Crippen molar-refractivity contribution in [1.29, 1.82) is 0 Å². The van der Waals surface area contributed by atoms with E-state index in [1.54, 1.807) is 6.07 Å². The Hall–Kier alpha value is -2.43. The molecule has 3 N–H and O–H groups in total. The molecular weight excluding hydrogens is 479 g/mol. The third-order valence-electron chi connectivity index (χ3n) is 7.22. The predicted molar refractivity (Wildman–Crippen MR) is 139 cm³/mol. The van der Waals surface area contributed by atoms with Gasteiger partial charge >= 0.3 is 12.1 Å². The Labute approximate surface area is 219 Å². The molecule has 0 aliphatic carbocycles. The molecule has 2 heterocycles. The highest BCUT2D eigenvalue weighted by Gasteiger charge is 2.33. The summed E-state index contributed by atoms with van der Waals surface area (Å²) in [6.45, 7) is 5.75. The molecule has 2 fully saturated rings. The number of halogens is 1. The monoisotopic (exact) mass is 522 g/mol. The molecule has 10 heteroatoms. The van der Waals surface area contributed by atoms with Crippen molar-refractivity contribution in [3.05, 3.63) is 35.1 Å². The summed E-state index contributed by atoms with van der Waals surface area (Å²) in [5.41, 5.74) is 1.42. The van der Waals surface area contributed by atoms with Gasteiger partial charge in [-0.2, -0.15) is 0 Å². The first-order valence-electron chi connectivity index (χ1n) is 13.4. The number of methoxy groups -OCH3 is 1. The van der Waals surface area contributed by atoms with E-state index < -0.39 is 12.2 Å². The van der Waals surface area contributed by atoms with Crippen LogP contribution in [0.2, 0.25) is 0 Å². The number of nitrogens with one attached hydrogen (secondary N) is 3. The number of hydrogen-bond acceptors (Lipinski definition) is 6. The zero-order chi connectivity index (χ0) is 26.6. The van der Waals surface area contributed by atoms with Crippen LogP contribution >= 0.6 is 0 Å². The summed E-state index contributed by atoms with van der Waals surface area (Å²) in [4.78, 5) is 26.5. The summed E-state index contributed by atoms with van der Waals surface area (Å²) in [5, 5.41) is 9.03. The van der Waals surface area contributed by atoms with Gasteiger partial charge in [0.25, 0.3) is 0 Å². The molecule has 0 bridgehead atoms. The first-order chi connectivity index (χ1) is 17.9. The molecule has 3 amide bonds. The van der Waals surface area contributed by atoms with Crippen LogP contribution in [0.5, 0.6) is 0 Å². The lowest BCUT2D eigenvalue weighted by Gasteiger charge is -2.38. The number of hydrogen-bond donors (Lipinski definition) is 3. The van der Waals surface area contributed by atoms with Crippen LogP contribution in [0.1, 0.15) is 49.3 Å². The number of amides is 3. The van der Waals surface area contributed by atoms with Crippen molar-refractivity contribution in [3.63, 3.8) is 0 Å². The van der Waals surface area contributed by atoms with Crippen LogP contribution in [-0.4, -0.2) is 83.2 Å². The number of carbonyl (C=O) groups excluding carboxylic acids is 2. The van der Waals surface area contributed by atoms with Gasteiger partial charge in [0.1, 0.15) is 5.82 Å². The molecule has 0 aromatic heterocycles. The SMILES string of the molecule is CNC[C@H](CC1CCOCC1)NC(=O)N1CCC[C@@H](C(OCCNC(=O)OC)c2cc(C)ccc2F)C1. The first kappa shape index (κ1) is 29.1. The number of likely N-dealkylation sites (tertiary alicyclic amines) is 1. The molecule has 3 rings (SSSR count). The number of benzene rings is 1. The Morgan fingerprint density at radius 2 is 2.03 bits per heavy atom.